The predicted molar refractivity (Wildman–Crippen MR) is 83.8 cm³/mol. The molecule has 0 radical (unpaired) electrons. The van der Waals surface area contributed by atoms with Gasteiger partial charge in [0.15, 0.2) is 0 Å². The Hall–Kier alpha value is -2.10. The molecule has 1 aliphatic carbocycles. The van der Waals surface area contributed by atoms with Crippen LogP contribution in [0.3, 0.4) is 0 Å². The maximum absolute atomic E-state index is 11.3. The van der Waals surface area contributed by atoms with Gasteiger partial charge in [-0.15, -0.1) is 6.58 Å². The fourth-order valence-corrected chi connectivity index (χ4v) is 2.55. The van der Waals surface area contributed by atoms with Gasteiger partial charge in [0.25, 0.3) is 0 Å². The zero-order chi connectivity index (χ0) is 15.8. The largest absolute Gasteiger partial charge is 0.458 e. The summed E-state index contributed by atoms with van der Waals surface area (Å²) in [5.74, 6) is 0.0627. The standard InChI is InChI=1S/C10H8O4.C8H14/c11-9-7-1-2-8(4-3-7)10(12)14-6-5-13-9;1-2-8-6-4-3-5-7-8/h1-4H,5-6H2;2,8H,1,3-7H2. The highest BCUT2D eigenvalue weighted by Gasteiger charge is 2.13. The second-order valence-corrected chi connectivity index (χ2v) is 5.48. The van der Waals surface area contributed by atoms with Crippen molar-refractivity contribution >= 4 is 11.9 Å². The molecule has 1 saturated carbocycles. The van der Waals surface area contributed by atoms with E-state index in [-0.39, 0.29) is 13.2 Å². The van der Waals surface area contributed by atoms with E-state index in [1.807, 2.05) is 0 Å². The average molecular weight is 302 g/mol. The summed E-state index contributed by atoms with van der Waals surface area (Å²) in [6, 6.07) is 6.18. The van der Waals surface area contributed by atoms with Crippen LogP contribution >= 0.6 is 0 Å². The molecule has 0 unspecified atom stereocenters. The molecule has 118 valence electrons. The molecule has 0 aromatic heterocycles. The molecule has 0 N–H and O–H groups in total. The fraction of sp³-hybridized carbons (Fsp3) is 0.444. The highest BCUT2D eigenvalue weighted by molar-refractivity contribution is 5.93. The highest BCUT2D eigenvalue weighted by Crippen LogP contribution is 2.23. The van der Waals surface area contributed by atoms with Gasteiger partial charge in [-0.2, -0.15) is 0 Å². The van der Waals surface area contributed by atoms with Gasteiger partial charge in [0.1, 0.15) is 13.2 Å². The van der Waals surface area contributed by atoms with Gasteiger partial charge in [-0.05, 0) is 43.0 Å². The lowest BCUT2D eigenvalue weighted by Crippen LogP contribution is -2.16. The monoisotopic (exact) mass is 302 g/mol. The Morgan fingerprint density at radius 2 is 1.32 bits per heavy atom. The smallest absolute Gasteiger partial charge is 0.338 e. The molecule has 3 aliphatic rings. The number of carbonyl (C=O) groups excluding carboxylic acids is 2. The van der Waals surface area contributed by atoms with Gasteiger partial charge in [0.05, 0.1) is 11.1 Å². The minimum Gasteiger partial charge on any atom is -0.458 e. The first-order chi connectivity index (χ1) is 10.7. The Labute approximate surface area is 131 Å². The Kier molecular flexibility index (Phi) is 6.19. The zero-order valence-electron chi connectivity index (χ0n) is 12.8. The van der Waals surface area contributed by atoms with E-state index in [1.165, 1.54) is 32.1 Å². The third kappa shape index (κ3) is 4.72. The first kappa shape index (κ1) is 16.3. The predicted octanol–water partition coefficient (Wildman–Crippen LogP) is 3.77. The Bertz CT molecular complexity index is 475. The molecule has 4 rings (SSSR count). The Morgan fingerprint density at radius 3 is 1.68 bits per heavy atom. The SMILES string of the molecule is C=CC1CCCCC1.O=C1OCCOC(=O)c2ccc1cc2. The van der Waals surface area contributed by atoms with Crippen molar-refractivity contribution < 1.29 is 19.1 Å². The van der Waals surface area contributed by atoms with Crippen molar-refractivity contribution in [1.29, 1.82) is 0 Å². The lowest BCUT2D eigenvalue weighted by molar-refractivity contribution is 0.0260. The zero-order valence-corrected chi connectivity index (χ0v) is 12.8. The normalized spacial score (nSPS) is 18.5. The van der Waals surface area contributed by atoms with E-state index < -0.39 is 11.9 Å². The van der Waals surface area contributed by atoms with Gasteiger partial charge in [0.2, 0.25) is 0 Å². The molecule has 0 saturated heterocycles. The summed E-state index contributed by atoms with van der Waals surface area (Å²) in [7, 11) is 0. The molecule has 0 amide bonds. The molecule has 1 aromatic carbocycles. The second kappa shape index (κ2) is 8.37. The number of hydrogen-bond donors (Lipinski definition) is 0. The Balaban J connectivity index is 0.000000188. The van der Waals surface area contributed by atoms with E-state index in [2.05, 4.69) is 12.7 Å². The lowest BCUT2D eigenvalue weighted by atomic mass is 9.90. The number of fused-ring (bicyclic) bond motifs is 7. The van der Waals surface area contributed by atoms with Gasteiger partial charge in [-0.1, -0.05) is 25.3 Å². The molecular formula is C18H22O4. The number of carbonyl (C=O) groups is 2. The molecule has 2 heterocycles. The number of rotatable bonds is 1. The minimum absolute atomic E-state index is 0.100. The summed E-state index contributed by atoms with van der Waals surface area (Å²) in [6.07, 6.45) is 9.20. The number of benzene rings is 1. The quantitative estimate of drug-likeness (QED) is 0.585. The van der Waals surface area contributed by atoms with E-state index in [1.54, 1.807) is 24.3 Å². The third-order valence-electron chi connectivity index (χ3n) is 3.89. The lowest BCUT2D eigenvalue weighted by Gasteiger charge is -2.16. The van der Waals surface area contributed by atoms with Gasteiger partial charge < -0.3 is 9.47 Å². The molecule has 4 nitrogen and oxygen atoms in total. The average Bonchev–Trinajstić information content (AvgIpc) is 2.59. The van der Waals surface area contributed by atoms with Crippen molar-refractivity contribution in [3.8, 4) is 0 Å². The molecule has 2 aliphatic heterocycles. The maximum Gasteiger partial charge on any atom is 0.338 e. The van der Waals surface area contributed by atoms with Crippen molar-refractivity contribution in [2.45, 2.75) is 32.1 Å². The summed E-state index contributed by atoms with van der Waals surface area (Å²) >= 11 is 0. The van der Waals surface area contributed by atoms with Crippen LogP contribution in [0.2, 0.25) is 0 Å². The van der Waals surface area contributed by atoms with Crippen LogP contribution in [0.5, 0.6) is 0 Å². The first-order valence-corrected chi connectivity index (χ1v) is 7.77. The molecular weight excluding hydrogens is 280 g/mol. The molecule has 1 fully saturated rings. The van der Waals surface area contributed by atoms with E-state index in [0.29, 0.717) is 11.1 Å². The second-order valence-electron chi connectivity index (χ2n) is 5.48. The van der Waals surface area contributed by atoms with Crippen LogP contribution in [0.4, 0.5) is 0 Å². The summed E-state index contributed by atoms with van der Waals surface area (Å²) in [5, 5.41) is 0. The first-order valence-electron chi connectivity index (χ1n) is 7.77. The van der Waals surface area contributed by atoms with E-state index in [4.69, 9.17) is 9.47 Å². The van der Waals surface area contributed by atoms with Crippen molar-refractivity contribution in [2.75, 3.05) is 13.2 Å². The van der Waals surface area contributed by atoms with Crippen LogP contribution in [0, 0.1) is 5.92 Å². The third-order valence-corrected chi connectivity index (χ3v) is 3.89. The number of allylic oxidation sites excluding steroid dienone is 1. The van der Waals surface area contributed by atoms with Crippen LogP contribution in [-0.2, 0) is 9.47 Å². The maximum atomic E-state index is 11.3. The fourth-order valence-electron chi connectivity index (χ4n) is 2.55. The topological polar surface area (TPSA) is 52.6 Å². The summed E-state index contributed by atoms with van der Waals surface area (Å²) in [4.78, 5) is 22.5. The van der Waals surface area contributed by atoms with Gasteiger partial charge in [-0.3, -0.25) is 0 Å². The Morgan fingerprint density at radius 1 is 0.864 bits per heavy atom. The van der Waals surface area contributed by atoms with E-state index in [0.717, 1.165) is 5.92 Å². The van der Waals surface area contributed by atoms with Gasteiger partial charge >= 0.3 is 11.9 Å². The number of esters is 2. The molecule has 0 spiro atoms. The summed E-state index contributed by atoms with van der Waals surface area (Å²) in [5.41, 5.74) is 0.895. The molecule has 4 heteroatoms. The van der Waals surface area contributed by atoms with Crippen molar-refractivity contribution in [3.05, 3.63) is 48.0 Å². The van der Waals surface area contributed by atoms with Crippen molar-refractivity contribution in [1.82, 2.24) is 0 Å². The number of hydrogen-bond acceptors (Lipinski definition) is 4. The van der Waals surface area contributed by atoms with E-state index in [9.17, 15) is 9.59 Å². The van der Waals surface area contributed by atoms with E-state index >= 15 is 0 Å². The van der Waals surface area contributed by atoms with Crippen LogP contribution in [0.25, 0.3) is 0 Å². The number of ether oxygens (including phenoxy) is 2. The summed E-state index contributed by atoms with van der Waals surface area (Å²) in [6.45, 7) is 3.98. The van der Waals surface area contributed by atoms with Crippen LogP contribution < -0.4 is 0 Å². The van der Waals surface area contributed by atoms with Gasteiger partial charge in [0, 0.05) is 0 Å². The van der Waals surface area contributed by atoms with Gasteiger partial charge in [-0.25, -0.2) is 9.59 Å². The van der Waals surface area contributed by atoms with Crippen molar-refractivity contribution in [2.24, 2.45) is 5.92 Å². The highest BCUT2D eigenvalue weighted by atomic mass is 16.6. The van der Waals surface area contributed by atoms with Crippen LogP contribution in [-0.4, -0.2) is 25.2 Å². The molecule has 1 aromatic rings. The van der Waals surface area contributed by atoms with Crippen molar-refractivity contribution in [3.63, 3.8) is 0 Å². The molecule has 22 heavy (non-hydrogen) atoms. The molecule has 0 atom stereocenters. The van der Waals surface area contributed by atoms with Crippen LogP contribution in [0.15, 0.2) is 36.9 Å². The molecule has 2 bridgehead atoms. The summed E-state index contributed by atoms with van der Waals surface area (Å²) < 4.78 is 9.66. The van der Waals surface area contributed by atoms with Crippen LogP contribution in [0.1, 0.15) is 52.8 Å². The minimum atomic E-state index is -0.394.